The second kappa shape index (κ2) is 4.57. The van der Waals surface area contributed by atoms with Crippen LogP contribution in [0.2, 0.25) is 0 Å². The van der Waals surface area contributed by atoms with Gasteiger partial charge in [0.1, 0.15) is 0 Å². The van der Waals surface area contributed by atoms with Crippen LogP contribution >= 0.6 is 0 Å². The number of benzene rings is 1. The van der Waals surface area contributed by atoms with Crippen LogP contribution in [0.1, 0.15) is 15.9 Å². The number of para-hydroxylation sites is 1. The Morgan fingerprint density at radius 3 is 2.95 bits per heavy atom. The first-order chi connectivity index (χ1) is 9.24. The highest BCUT2D eigenvalue weighted by molar-refractivity contribution is 6.05. The van der Waals surface area contributed by atoms with Crippen molar-refractivity contribution in [2.45, 2.75) is 6.92 Å². The maximum atomic E-state index is 12.2. The minimum absolute atomic E-state index is 0.113. The number of rotatable bonds is 2. The van der Waals surface area contributed by atoms with E-state index in [4.69, 9.17) is 0 Å². The highest BCUT2D eigenvalue weighted by atomic mass is 16.1. The van der Waals surface area contributed by atoms with E-state index in [2.05, 4.69) is 10.3 Å². The number of nitrogens with one attached hydrogen (secondary N) is 1. The fourth-order valence-corrected chi connectivity index (χ4v) is 1.97. The molecule has 2 heterocycles. The number of hydrogen-bond donors (Lipinski definition) is 1. The van der Waals surface area contributed by atoms with E-state index in [-0.39, 0.29) is 5.91 Å². The summed E-state index contributed by atoms with van der Waals surface area (Å²) in [5.74, 6) is -0.113. The number of hydrogen-bond acceptors (Lipinski definition) is 2. The molecule has 0 unspecified atom stereocenters. The molecule has 0 aliphatic carbocycles. The monoisotopic (exact) mass is 251 g/mol. The number of pyridine rings is 1. The Kier molecular flexibility index (Phi) is 2.76. The third kappa shape index (κ3) is 2.20. The first kappa shape index (κ1) is 11.5. The fourth-order valence-electron chi connectivity index (χ4n) is 1.97. The number of imidazole rings is 1. The summed E-state index contributed by atoms with van der Waals surface area (Å²) in [7, 11) is 0. The van der Waals surface area contributed by atoms with Crippen molar-refractivity contribution < 1.29 is 4.79 Å². The van der Waals surface area contributed by atoms with Crippen molar-refractivity contribution >= 4 is 17.1 Å². The van der Waals surface area contributed by atoms with Gasteiger partial charge in [0.05, 0.1) is 18.0 Å². The van der Waals surface area contributed by atoms with Gasteiger partial charge in [-0.1, -0.05) is 18.2 Å². The number of anilines is 1. The van der Waals surface area contributed by atoms with Crippen molar-refractivity contribution in [3.05, 3.63) is 66.2 Å². The summed E-state index contributed by atoms with van der Waals surface area (Å²) in [5, 5.41) is 2.91. The van der Waals surface area contributed by atoms with Crippen molar-refractivity contribution in [2.24, 2.45) is 0 Å². The van der Waals surface area contributed by atoms with Gasteiger partial charge in [0.15, 0.2) is 0 Å². The second-order valence-electron chi connectivity index (χ2n) is 4.41. The molecule has 0 saturated carbocycles. The molecule has 0 atom stereocenters. The topological polar surface area (TPSA) is 46.4 Å². The van der Waals surface area contributed by atoms with Crippen LogP contribution in [0.5, 0.6) is 0 Å². The van der Waals surface area contributed by atoms with Crippen LogP contribution in [0.3, 0.4) is 0 Å². The van der Waals surface area contributed by atoms with E-state index in [1.807, 2.05) is 47.9 Å². The van der Waals surface area contributed by atoms with E-state index in [0.29, 0.717) is 5.56 Å². The molecule has 4 nitrogen and oxygen atoms in total. The van der Waals surface area contributed by atoms with E-state index in [1.54, 1.807) is 18.6 Å². The lowest BCUT2D eigenvalue weighted by Crippen LogP contribution is -2.12. The van der Waals surface area contributed by atoms with Gasteiger partial charge < -0.3 is 9.72 Å². The van der Waals surface area contributed by atoms with Crippen LogP contribution in [0.25, 0.3) is 5.52 Å². The second-order valence-corrected chi connectivity index (χ2v) is 4.41. The van der Waals surface area contributed by atoms with Crippen molar-refractivity contribution in [1.82, 2.24) is 9.38 Å². The van der Waals surface area contributed by atoms with Gasteiger partial charge in [0, 0.05) is 17.4 Å². The molecule has 3 rings (SSSR count). The van der Waals surface area contributed by atoms with Crippen molar-refractivity contribution in [2.75, 3.05) is 5.32 Å². The number of aryl methyl sites for hydroxylation is 1. The summed E-state index contributed by atoms with van der Waals surface area (Å²) in [4.78, 5) is 16.2. The van der Waals surface area contributed by atoms with Crippen LogP contribution in [0, 0.1) is 6.92 Å². The van der Waals surface area contributed by atoms with Gasteiger partial charge >= 0.3 is 0 Å². The first-order valence-electron chi connectivity index (χ1n) is 6.03. The fraction of sp³-hybridized carbons (Fsp3) is 0.0667. The SMILES string of the molecule is Cc1ccccc1NC(=O)c1ccn2cncc2c1. The van der Waals surface area contributed by atoms with Crippen LogP contribution in [0.15, 0.2) is 55.1 Å². The van der Waals surface area contributed by atoms with E-state index < -0.39 is 0 Å². The zero-order valence-electron chi connectivity index (χ0n) is 10.5. The molecule has 94 valence electrons. The zero-order chi connectivity index (χ0) is 13.2. The lowest BCUT2D eigenvalue weighted by Gasteiger charge is -2.08. The quantitative estimate of drug-likeness (QED) is 0.761. The molecule has 4 heteroatoms. The number of carbonyl (C=O) groups excluding carboxylic acids is 1. The van der Waals surface area contributed by atoms with Crippen LogP contribution in [-0.4, -0.2) is 15.3 Å². The third-order valence-electron chi connectivity index (χ3n) is 3.07. The van der Waals surface area contributed by atoms with Crippen LogP contribution in [-0.2, 0) is 0 Å². The Bertz CT molecular complexity index is 746. The first-order valence-corrected chi connectivity index (χ1v) is 6.03. The summed E-state index contributed by atoms with van der Waals surface area (Å²) in [5.41, 5.74) is 3.40. The molecule has 0 aliphatic rings. The molecular weight excluding hydrogens is 238 g/mol. The van der Waals surface area contributed by atoms with Gasteiger partial charge in [0.2, 0.25) is 0 Å². The molecule has 0 bridgehead atoms. The standard InChI is InChI=1S/C15H13N3O/c1-11-4-2-3-5-14(11)17-15(19)12-6-7-18-10-16-9-13(18)8-12/h2-10H,1H3,(H,17,19). The number of aromatic nitrogens is 2. The van der Waals surface area contributed by atoms with Crippen molar-refractivity contribution in [3.63, 3.8) is 0 Å². The predicted molar refractivity (Wildman–Crippen MR) is 74.3 cm³/mol. The van der Waals surface area contributed by atoms with E-state index in [0.717, 1.165) is 16.8 Å². The van der Waals surface area contributed by atoms with Gasteiger partial charge in [-0.15, -0.1) is 0 Å². The molecule has 19 heavy (non-hydrogen) atoms. The van der Waals surface area contributed by atoms with E-state index in [9.17, 15) is 4.79 Å². The smallest absolute Gasteiger partial charge is 0.255 e. The van der Waals surface area contributed by atoms with Crippen molar-refractivity contribution in [3.8, 4) is 0 Å². The molecule has 0 saturated heterocycles. The maximum absolute atomic E-state index is 12.2. The van der Waals surface area contributed by atoms with Crippen LogP contribution in [0.4, 0.5) is 5.69 Å². The molecule has 0 spiro atoms. The molecule has 1 amide bonds. The average molecular weight is 251 g/mol. The lowest BCUT2D eigenvalue weighted by atomic mass is 10.2. The highest BCUT2D eigenvalue weighted by Crippen LogP contribution is 2.15. The molecule has 0 aliphatic heterocycles. The molecule has 3 aromatic rings. The average Bonchev–Trinajstić information content (AvgIpc) is 2.88. The summed E-state index contributed by atoms with van der Waals surface area (Å²) in [6.07, 6.45) is 5.26. The Balaban J connectivity index is 1.89. The molecule has 2 aromatic heterocycles. The predicted octanol–water partition coefficient (Wildman–Crippen LogP) is 2.90. The normalized spacial score (nSPS) is 10.6. The number of nitrogens with zero attached hydrogens (tertiary/aromatic N) is 2. The minimum Gasteiger partial charge on any atom is -0.322 e. The minimum atomic E-state index is -0.113. The van der Waals surface area contributed by atoms with E-state index in [1.165, 1.54) is 0 Å². The molecule has 1 aromatic carbocycles. The molecular formula is C15H13N3O. The number of fused-ring (bicyclic) bond motifs is 1. The summed E-state index contributed by atoms with van der Waals surface area (Å²) < 4.78 is 1.87. The third-order valence-corrected chi connectivity index (χ3v) is 3.07. The Labute approximate surface area is 110 Å². The molecule has 0 fully saturated rings. The zero-order valence-corrected chi connectivity index (χ0v) is 10.5. The van der Waals surface area contributed by atoms with Gasteiger partial charge in [-0.25, -0.2) is 4.98 Å². The summed E-state index contributed by atoms with van der Waals surface area (Å²) in [6.45, 7) is 1.97. The van der Waals surface area contributed by atoms with Gasteiger partial charge in [-0.05, 0) is 30.7 Å². The summed E-state index contributed by atoms with van der Waals surface area (Å²) in [6, 6.07) is 11.3. The highest BCUT2D eigenvalue weighted by Gasteiger charge is 2.08. The molecule has 0 radical (unpaired) electrons. The van der Waals surface area contributed by atoms with Crippen LogP contribution < -0.4 is 5.32 Å². The van der Waals surface area contributed by atoms with Gasteiger partial charge in [0.25, 0.3) is 5.91 Å². The van der Waals surface area contributed by atoms with E-state index >= 15 is 0 Å². The number of amides is 1. The molecule has 1 N–H and O–H groups in total. The lowest BCUT2D eigenvalue weighted by molar-refractivity contribution is 0.102. The Morgan fingerprint density at radius 1 is 1.26 bits per heavy atom. The van der Waals surface area contributed by atoms with Crippen molar-refractivity contribution in [1.29, 1.82) is 0 Å². The van der Waals surface area contributed by atoms with Gasteiger partial charge in [-0.2, -0.15) is 0 Å². The maximum Gasteiger partial charge on any atom is 0.255 e. The Morgan fingerprint density at radius 2 is 2.11 bits per heavy atom. The largest absolute Gasteiger partial charge is 0.322 e. The summed E-state index contributed by atoms with van der Waals surface area (Å²) >= 11 is 0. The Hall–Kier alpha value is -2.62. The van der Waals surface area contributed by atoms with Gasteiger partial charge in [-0.3, -0.25) is 4.79 Å². The number of carbonyl (C=O) groups is 1.